The summed E-state index contributed by atoms with van der Waals surface area (Å²) < 4.78 is 11.0. The van der Waals surface area contributed by atoms with E-state index in [1.54, 1.807) is 13.2 Å². The van der Waals surface area contributed by atoms with Gasteiger partial charge in [-0.2, -0.15) is 0 Å². The number of carbonyl (C=O) groups excluding carboxylic acids is 2. The minimum absolute atomic E-state index is 0.0125. The molecule has 33 heavy (non-hydrogen) atoms. The first-order valence-corrected chi connectivity index (χ1v) is 11.0. The number of morpholine rings is 1. The van der Waals surface area contributed by atoms with Gasteiger partial charge in [0.15, 0.2) is 0 Å². The Kier molecular flexibility index (Phi) is 4.41. The SMILES string of the molecule is COc1cccc(-c2cc(C(N)=O)c3[nH]c4cc(C(=O)N5C[C@@H]6C[C@H]5CO6)ccc4c3c2)c1. The smallest absolute Gasteiger partial charge is 0.254 e. The maximum Gasteiger partial charge on any atom is 0.254 e. The van der Waals surface area contributed by atoms with E-state index >= 15 is 0 Å². The van der Waals surface area contributed by atoms with Gasteiger partial charge in [0.25, 0.3) is 11.8 Å². The molecule has 2 amide bonds. The summed E-state index contributed by atoms with van der Waals surface area (Å²) in [6.45, 7) is 1.25. The molecule has 0 saturated carbocycles. The van der Waals surface area contributed by atoms with Gasteiger partial charge in [0.1, 0.15) is 5.75 Å². The van der Waals surface area contributed by atoms with Crippen LogP contribution in [0.4, 0.5) is 0 Å². The Morgan fingerprint density at radius 1 is 1.09 bits per heavy atom. The summed E-state index contributed by atoms with van der Waals surface area (Å²) in [5, 5.41) is 1.81. The highest BCUT2D eigenvalue weighted by molar-refractivity contribution is 6.17. The number of ether oxygens (including phenoxy) is 2. The van der Waals surface area contributed by atoms with Crippen LogP contribution in [0.5, 0.6) is 5.75 Å². The standard InChI is InChI=1S/C26H23N3O4/c1-32-18-4-2-3-14(7-18)16-8-21-20-6-5-15(26(31)29-12-19-11-17(29)13-33-19)10-23(20)28-24(21)22(9-16)25(27)30/h2-10,17,19,28H,11-13H2,1H3,(H2,27,30)/t17-,19-/m0/s1. The molecule has 4 aromatic rings. The predicted molar refractivity (Wildman–Crippen MR) is 125 cm³/mol. The van der Waals surface area contributed by atoms with Gasteiger partial charge in [-0.05, 0) is 53.9 Å². The van der Waals surface area contributed by atoms with Crippen molar-refractivity contribution >= 4 is 33.6 Å². The summed E-state index contributed by atoms with van der Waals surface area (Å²) in [6, 6.07) is 17.3. The van der Waals surface area contributed by atoms with E-state index in [1.807, 2.05) is 53.4 Å². The van der Waals surface area contributed by atoms with Crippen LogP contribution >= 0.6 is 0 Å². The van der Waals surface area contributed by atoms with Gasteiger partial charge in [0, 0.05) is 28.4 Å². The topological polar surface area (TPSA) is 97.7 Å². The average molecular weight is 441 g/mol. The first kappa shape index (κ1) is 19.8. The summed E-state index contributed by atoms with van der Waals surface area (Å²) in [6.07, 6.45) is 1.07. The Hall–Kier alpha value is -3.84. The summed E-state index contributed by atoms with van der Waals surface area (Å²) >= 11 is 0. The van der Waals surface area contributed by atoms with Gasteiger partial charge in [-0.1, -0.05) is 18.2 Å². The highest BCUT2D eigenvalue weighted by Crippen LogP contribution is 2.35. The van der Waals surface area contributed by atoms with Crippen molar-refractivity contribution in [2.75, 3.05) is 20.3 Å². The normalized spacial score (nSPS) is 19.5. The first-order valence-electron chi connectivity index (χ1n) is 11.0. The molecule has 2 aliphatic heterocycles. The average Bonchev–Trinajstić information content (AvgIpc) is 3.56. The molecule has 3 heterocycles. The highest BCUT2D eigenvalue weighted by atomic mass is 16.5. The summed E-state index contributed by atoms with van der Waals surface area (Å²) in [7, 11) is 1.62. The van der Waals surface area contributed by atoms with Crippen LogP contribution < -0.4 is 10.5 Å². The van der Waals surface area contributed by atoms with Crippen molar-refractivity contribution in [2.45, 2.75) is 18.6 Å². The van der Waals surface area contributed by atoms with Crippen LogP contribution in [0.2, 0.25) is 0 Å². The lowest BCUT2D eigenvalue weighted by atomic mass is 9.98. The quantitative estimate of drug-likeness (QED) is 0.505. The van der Waals surface area contributed by atoms with E-state index in [1.165, 1.54) is 0 Å². The molecule has 166 valence electrons. The molecule has 3 N–H and O–H groups in total. The number of nitrogens with two attached hydrogens (primary N) is 1. The molecule has 6 rings (SSSR count). The van der Waals surface area contributed by atoms with Crippen molar-refractivity contribution < 1.29 is 19.1 Å². The lowest BCUT2D eigenvalue weighted by Gasteiger charge is -2.26. The fourth-order valence-corrected chi connectivity index (χ4v) is 5.12. The number of benzene rings is 3. The molecule has 0 spiro atoms. The summed E-state index contributed by atoms with van der Waals surface area (Å²) in [5.41, 5.74) is 10.0. The van der Waals surface area contributed by atoms with E-state index in [9.17, 15) is 9.59 Å². The number of methoxy groups -OCH3 is 1. The second-order valence-electron chi connectivity index (χ2n) is 8.73. The molecule has 0 radical (unpaired) electrons. The van der Waals surface area contributed by atoms with E-state index in [-0.39, 0.29) is 18.1 Å². The van der Waals surface area contributed by atoms with E-state index in [2.05, 4.69) is 4.98 Å². The minimum atomic E-state index is -0.513. The van der Waals surface area contributed by atoms with Crippen molar-refractivity contribution in [3.63, 3.8) is 0 Å². The monoisotopic (exact) mass is 441 g/mol. The Morgan fingerprint density at radius 2 is 1.97 bits per heavy atom. The van der Waals surface area contributed by atoms with Gasteiger partial charge in [0.05, 0.1) is 36.9 Å². The van der Waals surface area contributed by atoms with Gasteiger partial charge >= 0.3 is 0 Å². The van der Waals surface area contributed by atoms with Gasteiger partial charge < -0.3 is 25.1 Å². The van der Waals surface area contributed by atoms with Gasteiger partial charge in [-0.25, -0.2) is 0 Å². The fraction of sp³-hybridized carbons (Fsp3) is 0.231. The molecule has 7 heteroatoms. The van der Waals surface area contributed by atoms with Crippen LogP contribution in [0, 0.1) is 0 Å². The number of carbonyl (C=O) groups is 2. The zero-order valence-corrected chi connectivity index (χ0v) is 18.1. The third kappa shape index (κ3) is 3.15. The number of H-pyrrole nitrogens is 1. The number of hydrogen-bond acceptors (Lipinski definition) is 4. The first-order chi connectivity index (χ1) is 16.0. The zero-order chi connectivity index (χ0) is 22.7. The van der Waals surface area contributed by atoms with Crippen molar-refractivity contribution in [1.82, 2.24) is 9.88 Å². The molecule has 3 aromatic carbocycles. The second kappa shape index (κ2) is 7.35. The molecule has 1 aromatic heterocycles. The number of primary amides is 1. The number of amides is 2. The summed E-state index contributed by atoms with van der Waals surface area (Å²) in [5.74, 6) is 0.232. The van der Waals surface area contributed by atoms with E-state index in [0.29, 0.717) is 29.8 Å². The Labute approximate surface area is 190 Å². The largest absolute Gasteiger partial charge is 0.497 e. The number of fused-ring (bicyclic) bond motifs is 5. The lowest BCUT2D eigenvalue weighted by molar-refractivity contribution is 0.0259. The van der Waals surface area contributed by atoms with E-state index in [4.69, 9.17) is 15.2 Å². The number of hydrogen-bond donors (Lipinski definition) is 2. The molecule has 2 aliphatic rings. The van der Waals surface area contributed by atoms with E-state index < -0.39 is 5.91 Å². The molecule has 2 saturated heterocycles. The van der Waals surface area contributed by atoms with Crippen molar-refractivity contribution in [3.8, 4) is 16.9 Å². The second-order valence-corrected chi connectivity index (χ2v) is 8.73. The highest BCUT2D eigenvalue weighted by Gasteiger charge is 2.41. The molecule has 0 unspecified atom stereocenters. The molecular formula is C26H23N3O4. The number of nitrogens with one attached hydrogen (secondary N) is 1. The fourth-order valence-electron chi connectivity index (χ4n) is 5.12. The molecular weight excluding hydrogens is 418 g/mol. The van der Waals surface area contributed by atoms with Crippen LogP contribution in [0.25, 0.3) is 32.9 Å². The Morgan fingerprint density at radius 3 is 2.70 bits per heavy atom. The van der Waals surface area contributed by atoms with Crippen LogP contribution in [0.15, 0.2) is 54.6 Å². The molecule has 2 bridgehead atoms. The summed E-state index contributed by atoms with van der Waals surface area (Å²) in [4.78, 5) is 30.7. The number of likely N-dealkylation sites (tertiary alicyclic amines) is 1. The van der Waals surface area contributed by atoms with Crippen molar-refractivity contribution in [3.05, 3.63) is 65.7 Å². The van der Waals surface area contributed by atoms with Crippen LogP contribution in [-0.2, 0) is 4.74 Å². The molecule has 7 nitrogen and oxygen atoms in total. The molecule has 2 atom stereocenters. The van der Waals surface area contributed by atoms with Crippen molar-refractivity contribution in [1.29, 1.82) is 0 Å². The van der Waals surface area contributed by atoms with Crippen LogP contribution in [-0.4, -0.2) is 54.1 Å². The zero-order valence-electron chi connectivity index (χ0n) is 18.1. The minimum Gasteiger partial charge on any atom is -0.497 e. The molecule has 0 aliphatic carbocycles. The van der Waals surface area contributed by atoms with Gasteiger partial charge in [-0.3, -0.25) is 9.59 Å². The third-order valence-electron chi connectivity index (χ3n) is 6.78. The van der Waals surface area contributed by atoms with E-state index in [0.717, 1.165) is 39.6 Å². The van der Waals surface area contributed by atoms with Gasteiger partial charge in [0.2, 0.25) is 0 Å². The molecule has 2 fully saturated rings. The maximum absolute atomic E-state index is 13.1. The predicted octanol–water partition coefficient (Wildman–Crippen LogP) is 3.71. The van der Waals surface area contributed by atoms with Crippen LogP contribution in [0.1, 0.15) is 27.1 Å². The van der Waals surface area contributed by atoms with Crippen molar-refractivity contribution in [2.24, 2.45) is 5.73 Å². The Balaban J connectivity index is 1.47. The number of aromatic nitrogens is 1. The number of nitrogens with zero attached hydrogens (tertiary/aromatic N) is 1. The third-order valence-corrected chi connectivity index (χ3v) is 6.78. The van der Waals surface area contributed by atoms with Crippen LogP contribution in [0.3, 0.4) is 0 Å². The maximum atomic E-state index is 13.1. The lowest BCUT2D eigenvalue weighted by Crippen LogP contribution is -2.41. The Bertz CT molecular complexity index is 1440. The number of rotatable bonds is 4. The van der Waals surface area contributed by atoms with Gasteiger partial charge in [-0.15, -0.1) is 0 Å². The number of aromatic amines is 1.